The van der Waals surface area contributed by atoms with Crippen molar-refractivity contribution in [1.29, 1.82) is 0 Å². The van der Waals surface area contributed by atoms with E-state index in [9.17, 15) is 19.8 Å². The van der Waals surface area contributed by atoms with Gasteiger partial charge in [-0.05, 0) is 72.0 Å². The number of ether oxygens (including phenoxy) is 1. The molecule has 0 aliphatic carbocycles. The molecule has 50 heavy (non-hydrogen) atoms. The molecular formula is C36H34Cl2N6O5S. The standard InChI is InChI=1S/C36H34Cl2N6O5S/c1-19(2)26-16-27(29(46)17-28(26)45)35(47)44-8-7-25-30(18-44)50-34-31(25)33(43-9-11-49-12-10-43)41-32(42-34)20-3-5-23(6-4-20)39-36(48)40-24-14-21(37)13-22(38)15-24/h3-6,13-17,19,45-46H,7-12,18H2,1-2H3,(H2,39,40,48). The average molecular weight is 734 g/mol. The van der Waals surface area contributed by atoms with Crippen LogP contribution < -0.4 is 15.5 Å². The fourth-order valence-electron chi connectivity index (χ4n) is 6.30. The van der Waals surface area contributed by atoms with E-state index in [1.54, 1.807) is 52.6 Å². The largest absolute Gasteiger partial charge is 0.508 e. The van der Waals surface area contributed by atoms with Crippen LogP contribution in [0.25, 0.3) is 21.6 Å². The Morgan fingerprint density at radius 1 is 0.900 bits per heavy atom. The summed E-state index contributed by atoms with van der Waals surface area (Å²) in [5.74, 6) is 0.815. The van der Waals surface area contributed by atoms with Gasteiger partial charge in [-0.15, -0.1) is 11.3 Å². The smallest absolute Gasteiger partial charge is 0.323 e. The Morgan fingerprint density at radius 2 is 1.60 bits per heavy atom. The number of fused-ring (bicyclic) bond motifs is 3. The van der Waals surface area contributed by atoms with Crippen LogP contribution in [0, 0.1) is 0 Å². The first-order valence-electron chi connectivity index (χ1n) is 16.2. The molecule has 5 aromatic rings. The second kappa shape index (κ2) is 13.9. The Bertz CT molecular complexity index is 2100. The van der Waals surface area contributed by atoms with E-state index in [2.05, 4.69) is 15.5 Å². The molecule has 0 unspecified atom stereocenters. The summed E-state index contributed by atoms with van der Waals surface area (Å²) in [6.07, 6.45) is 0.612. The molecular weight excluding hydrogens is 699 g/mol. The summed E-state index contributed by atoms with van der Waals surface area (Å²) in [5.41, 5.74) is 3.74. The number of carbonyl (C=O) groups excluding carboxylic acids is 2. The predicted molar refractivity (Wildman–Crippen MR) is 197 cm³/mol. The summed E-state index contributed by atoms with van der Waals surface area (Å²) in [5, 5.41) is 28.3. The van der Waals surface area contributed by atoms with Gasteiger partial charge in [-0.2, -0.15) is 0 Å². The second-order valence-electron chi connectivity index (χ2n) is 12.5. The zero-order valence-corrected chi connectivity index (χ0v) is 29.6. The maximum absolute atomic E-state index is 13.7. The lowest BCUT2D eigenvalue weighted by Crippen LogP contribution is -2.37. The minimum Gasteiger partial charge on any atom is -0.508 e. The van der Waals surface area contributed by atoms with Crippen LogP contribution in [-0.4, -0.2) is 69.9 Å². The van der Waals surface area contributed by atoms with Gasteiger partial charge in [0.15, 0.2) is 5.82 Å². The van der Waals surface area contributed by atoms with E-state index in [-0.39, 0.29) is 28.9 Å². The Kier molecular flexibility index (Phi) is 9.44. The molecule has 1 fully saturated rings. The van der Waals surface area contributed by atoms with Gasteiger partial charge >= 0.3 is 6.03 Å². The van der Waals surface area contributed by atoms with Crippen molar-refractivity contribution in [3.63, 3.8) is 0 Å². The highest BCUT2D eigenvalue weighted by Gasteiger charge is 2.31. The van der Waals surface area contributed by atoms with Crippen LogP contribution in [0.3, 0.4) is 0 Å². The molecule has 3 amide bonds. The first kappa shape index (κ1) is 33.9. The maximum atomic E-state index is 13.7. The molecule has 0 saturated carbocycles. The molecule has 258 valence electrons. The van der Waals surface area contributed by atoms with E-state index in [1.165, 1.54) is 6.07 Å². The third-order valence-corrected chi connectivity index (χ3v) is 10.3. The number of morpholine rings is 1. The van der Waals surface area contributed by atoms with Crippen molar-refractivity contribution >= 4 is 73.9 Å². The number of urea groups is 1. The number of hydrogen-bond acceptors (Lipinski definition) is 9. The average Bonchev–Trinajstić information content (AvgIpc) is 3.45. The normalized spacial score (nSPS) is 14.6. The molecule has 14 heteroatoms. The van der Waals surface area contributed by atoms with Crippen LogP contribution >= 0.6 is 34.5 Å². The summed E-state index contributed by atoms with van der Waals surface area (Å²) >= 11 is 13.6. The van der Waals surface area contributed by atoms with Crippen LogP contribution in [0.4, 0.5) is 22.0 Å². The van der Waals surface area contributed by atoms with E-state index >= 15 is 0 Å². The molecule has 7 rings (SSSR count). The summed E-state index contributed by atoms with van der Waals surface area (Å²) in [6, 6.07) is 14.5. The van der Waals surface area contributed by atoms with Gasteiger partial charge in [0.1, 0.15) is 22.1 Å². The number of halogens is 2. The SMILES string of the molecule is CC(C)c1cc(C(=O)N2CCc3c(sc4nc(-c5ccc(NC(=O)Nc6cc(Cl)cc(Cl)c6)cc5)nc(N5CCOCC5)c34)C2)c(O)cc1O. The number of carbonyl (C=O) groups is 2. The topological polar surface area (TPSA) is 140 Å². The number of rotatable bonds is 6. The van der Waals surface area contributed by atoms with Crippen molar-refractivity contribution in [2.24, 2.45) is 0 Å². The number of thiophene rings is 1. The number of hydrogen-bond donors (Lipinski definition) is 4. The van der Waals surface area contributed by atoms with Crippen LogP contribution in [0.15, 0.2) is 54.6 Å². The number of anilines is 3. The Labute approximate surface area is 302 Å². The van der Waals surface area contributed by atoms with Crippen molar-refractivity contribution in [1.82, 2.24) is 14.9 Å². The van der Waals surface area contributed by atoms with Crippen molar-refractivity contribution in [3.05, 3.63) is 86.2 Å². The lowest BCUT2D eigenvalue weighted by Gasteiger charge is -2.30. The number of amides is 3. The van der Waals surface area contributed by atoms with Gasteiger partial charge in [-0.1, -0.05) is 37.0 Å². The summed E-state index contributed by atoms with van der Waals surface area (Å²) < 4.78 is 5.64. The van der Waals surface area contributed by atoms with Crippen molar-refractivity contribution in [2.45, 2.75) is 32.7 Å². The van der Waals surface area contributed by atoms with E-state index < -0.39 is 6.03 Å². The first-order valence-corrected chi connectivity index (χ1v) is 17.8. The highest BCUT2D eigenvalue weighted by atomic mass is 35.5. The van der Waals surface area contributed by atoms with Crippen molar-refractivity contribution < 1.29 is 24.5 Å². The highest BCUT2D eigenvalue weighted by Crippen LogP contribution is 2.41. The van der Waals surface area contributed by atoms with Crippen LogP contribution in [-0.2, 0) is 17.7 Å². The fraction of sp³-hybridized carbons (Fsp3) is 0.278. The van der Waals surface area contributed by atoms with Gasteiger partial charge in [0.2, 0.25) is 0 Å². The Morgan fingerprint density at radius 3 is 2.30 bits per heavy atom. The molecule has 4 N–H and O–H groups in total. The number of aromatic nitrogens is 2. The Hall–Kier alpha value is -4.62. The van der Waals surface area contributed by atoms with Gasteiger partial charge in [0, 0.05) is 57.6 Å². The van der Waals surface area contributed by atoms with E-state index in [0.717, 1.165) is 32.0 Å². The maximum Gasteiger partial charge on any atom is 0.323 e. The molecule has 2 aromatic heterocycles. The van der Waals surface area contributed by atoms with Gasteiger partial charge in [0.25, 0.3) is 5.91 Å². The first-order chi connectivity index (χ1) is 24.0. The summed E-state index contributed by atoms with van der Waals surface area (Å²) in [7, 11) is 0. The number of nitrogens with zero attached hydrogens (tertiary/aromatic N) is 4. The third kappa shape index (κ3) is 6.88. The molecule has 0 atom stereocenters. The number of phenols is 2. The van der Waals surface area contributed by atoms with Crippen LogP contribution in [0.5, 0.6) is 11.5 Å². The van der Waals surface area contributed by atoms with E-state index in [1.807, 2.05) is 26.0 Å². The quantitative estimate of drug-likeness (QED) is 0.138. The molecule has 0 bridgehead atoms. The highest BCUT2D eigenvalue weighted by molar-refractivity contribution is 7.19. The van der Waals surface area contributed by atoms with Gasteiger partial charge < -0.3 is 35.4 Å². The molecule has 3 aromatic carbocycles. The van der Waals surface area contributed by atoms with Gasteiger partial charge in [-0.25, -0.2) is 14.8 Å². The zero-order valence-electron chi connectivity index (χ0n) is 27.3. The molecule has 4 heterocycles. The number of phenolic OH excluding ortho intramolecular Hbond substituents is 2. The Balaban J connectivity index is 1.17. The van der Waals surface area contributed by atoms with E-state index in [0.29, 0.717) is 78.6 Å². The minimum atomic E-state index is -0.443. The minimum absolute atomic E-state index is 0.0177. The predicted octanol–water partition coefficient (Wildman–Crippen LogP) is 7.88. The summed E-state index contributed by atoms with van der Waals surface area (Å²) in [6.45, 7) is 7.25. The summed E-state index contributed by atoms with van der Waals surface area (Å²) in [4.78, 5) is 42.2. The van der Waals surface area contributed by atoms with Gasteiger partial charge in [-0.3, -0.25) is 4.79 Å². The number of nitrogens with one attached hydrogen (secondary N) is 2. The zero-order chi connectivity index (χ0) is 35.1. The lowest BCUT2D eigenvalue weighted by molar-refractivity contribution is 0.0734. The molecule has 2 aliphatic rings. The second-order valence-corrected chi connectivity index (χ2v) is 14.5. The van der Waals surface area contributed by atoms with E-state index in [4.69, 9.17) is 37.9 Å². The third-order valence-electron chi connectivity index (χ3n) is 8.80. The number of benzene rings is 3. The molecule has 0 spiro atoms. The van der Waals surface area contributed by atoms with Crippen molar-refractivity contribution in [2.75, 3.05) is 48.4 Å². The fourth-order valence-corrected chi connectivity index (χ4v) is 8.06. The lowest BCUT2D eigenvalue weighted by atomic mass is 9.97. The monoisotopic (exact) mass is 732 g/mol. The van der Waals surface area contributed by atoms with Crippen LogP contribution in [0.2, 0.25) is 10.0 Å². The van der Waals surface area contributed by atoms with Gasteiger partial charge in [0.05, 0.1) is 30.7 Å². The molecule has 2 aliphatic heterocycles. The number of aromatic hydroxyl groups is 2. The van der Waals surface area contributed by atoms with Crippen molar-refractivity contribution in [3.8, 4) is 22.9 Å². The molecule has 0 radical (unpaired) electrons. The van der Waals surface area contributed by atoms with Crippen LogP contribution in [0.1, 0.15) is 46.1 Å². The molecule has 1 saturated heterocycles. The molecule has 11 nitrogen and oxygen atoms in total.